The zero-order valence-electron chi connectivity index (χ0n) is 12.8. The van der Waals surface area contributed by atoms with E-state index in [-0.39, 0.29) is 12.5 Å². The van der Waals surface area contributed by atoms with Crippen molar-refractivity contribution in [3.63, 3.8) is 0 Å². The van der Waals surface area contributed by atoms with Crippen molar-refractivity contribution in [3.8, 4) is 5.75 Å². The van der Waals surface area contributed by atoms with E-state index in [4.69, 9.17) is 16.3 Å². The van der Waals surface area contributed by atoms with E-state index in [1.165, 1.54) is 0 Å². The zero-order chi connectivity index (χ0) is 16.9. The molecular formula is C19H15BrClNO2. The molecule has 0 heterocycles. The van der Waals surface area contributed by atoms with Crippen LogP contribution in [0.5, 0.6) is 5.75 Å². The van der Waals surface area contributed by atoms with Crippen LogP contribution in [0.4, 0.5) is 0 Å². The minimum absolute atomic E-state index is 0.0542. The molecule has 0 aliphatic carbocycles. The first-order chi connectivity index (χ1) is 11.6. The lowest BCUT2D eigenvalue weighted by Crippen LogP contribution is -2.28. The number of ether oxygens (including phenoxy) is 1. The molecule has 0 fully saturated rings. The van der Waals surface area contributed by atoms with E-state index in [0.29, 0.717) is 17.3 Å². The zero-order valence-corrected chi connectivity index (χ0v) is 15.1. The van der Waals surface area contributed by atoms with Crippen molar-refractivity contribution in [1.82, 2.24) is 5.32 Å². The molecule has 0 saturated carbocycles. The van der Waals surface area contributed by atoms with Crippen LogP contribution in [0.2, 0.25) is 5.02 Å². The highest BCUT2D eigenvalue weighted by molar-refractivity contribution is 9.10. The van der Waals surface area contributed by atoms with Crippen LogP contribution in [0.1, 0.15) is 5.56 Å². The summed E-state index contributed by atoms with van der Waals surface area (Å²) in [6.45, 7) is 0.322. The molecule has 0 bridgehead atoms. The minimum atomic E-state index is -0.199. The number of hydrogen-bond acceptors (Lipinski definition) is 2. The molecule has 0 aliphatic rings. The Morgan fingerprint density at radius 2 is 1.79 bits per heavy atom. The van der Waals surface area contributed by atoms with Crippen molar-refractivity contribution in [3.05, 3.63) is 75.7 Å². The lowest BCUT2D eigenvalue weighted by Gasteiger charge is -2.11. The van der Waals surface area contributed by atoms with Gasteiger partial charge in [0, 0.05) is 11.6 Å². The molecule has 0 saturated heterocycles. The Morgan fingerprint density at radius 1 is 1.04 bits per heavy atom. The average Bonchev–Trinajstić information content (AvgIpc) is 2.61. The van der Waals surface area contributed by atoms with Crippen LogP contribution in [-0.4, -0.2) is 12.5 Å². The van der Waals surface area contributed by atoms with Crippen LogP contribution in [0.15, 0.2) is 65.1 Å². The third kappa shape index (κ3) is 3.89. The smallest absolute Gasteiger partial charge is 0.258 e. The number of halogens is 2. The number of nitrogens with one attached hydrogen (secondary N) is 1. The molecule has 3 rings (SSSR count). The number of hydrogen-bond donors (Lipinski definition) is 1. The number of rotatable bonds is 5. The molecule has 24 heavy (non-hydrogen) atoms. The lowest BCUT2D eigenvalue weighted by molar-refractivity contribution is -0.123. The summed E-state index contributed by atoms with van der Waals surface area (Å²) >= 11 is 9.61. The van der Waals surface area contributed by atoms with Crippen molar-refractivity contribution >= 4 is 44.2 Å². The van der Waals surface area contributed by atoms with Crippen LogP contribution in [0, 0.1) is 0 Å². The van der Waals surface area contributed by atoms with Gasteiger partial charge < -0.3 is 10.1 Å². The summed E-state index contributed by atoms with van der Waals surface area (Å²) in [5.74, 6) is 0.441. The van der Waals surface area contributed by atoms with Gasteiger partial charge in [0.05, 0.1) is 4.47 Å². The van der Waals surface area contributed by atoms with E-state index in [2.05, 4.69) is 21.2 Å². The second-order valence-corrected chi connectivity index (χ2v) is 6.46. The Balaban J connectivity index is 1.60. The molecule has 0 aromatic heterocycles. The van der Waals surface area contributed by atoms with Crippen LogP contribution in [-0.2, 0) is 11.3 Å². The summed E-state index contributed by atoms with van der Waals surface area (Å²) in [5, 5.41) is 5.60. The number of carbonyl (C=O) groups excluding carboxylic acids is 1. The van der Waals surface area contributed by atoms with Gasteiger partial charge in [-0.15, -0.1) is 0 Å². The van der Waals surface area contributed by atoms with Gasteiger partial charge in [-0.05, 0) is 44.4 Å². The fourth-order valence-electron chi connectivity index (χ4n) is 2.35. The SMILES string of the molecule is O=C(COc1ccc2ccccc2c1Br)NCc1ccccc1Cl. The number of fused-ring (bicyclic) bond motifs is 1. The molecule has 0 aliphatic heterocycles. The van der Waals surface area contributed by atoms with Gasteiger partial charge in [0.2, 0.25) is 0 Å². The van der Waals surface area contributed by atoms with E-state index in [0.717, 1.165) is 20.8 Å². The molecule has 0 atom stereocenters. The number of benzene rings is 3. The van der Waals surface area contributed by atoms with Crippen molar-refractivity contribution in [1.29, 1.82) is 0 Å². The van der Waals surface area contributed by atoms with Gasteiger partial charge in [-0.2, -0.15) is 0 Å². The van der Waals surface area contributed by atoms with E-state index in [1.54, 1.807) is 6.07 Å². The van der Waals surface area contributed by atoms with E-state index < -0.39 is 0 Å². The summed E-state index contributed by atoms with van der Waals surface area (Å²) < 4.78 is 6.48. The monoisotopic (exact) mass is 403 g/mol. The maximum atomic E-state index is 12.0. The molecule has 3 nitrogen and oxygen atoms in total. The fourth-order valence-corrected chi connectivity index (χ4v) is 3.17. The Hall–Kier alpha value is -2.04. The first-order valence-corrected chi connectivity index (χ1v) is 8.62. The Labute approximate surface area is 153 Å². The molecule has 0 spiro atoms. The fraction of sp³-hybridized carbons (Fsp3) is 0.105. The first-order valence-electron chi connectivity index (χ1n) is 7.45. The molecule has 0 unspecified atom stereocenters. The predicted octanol–water partition coefficient (Wildman–Crippen LogP) is 4.95. The van der Waals surface area contributed by atoms with Gasteiger partial charge in [-0.1, -0.05) is 60.1 Å². The van der Waals surface area contributed by atoms with Crippen LogP contribution < -0.4 is 10.1 Å². The molecule has 3 aromatic carbocycles. The third-order valence-corrected chi connectivity index (χ3v) is 4.81. The van der Waals surface area contributed by atoms with Gasteiger partial charge in [-0.3, -0.25) is 4.79 Å². The quantitative estimate of drug-likeness (QED) is 0.653. The average molecular weight is 405 g/mol. The molecule has 122 valence electrons. The summed E-state index contributed by atoms with van der Waals surface area (Å²) in [7, 11) is 0. The number of amides is 1. The van der Waals surface area contributed by atoms with Crippen molar-refractivity contribution in [2.75, 3.05) is 6.61 Å². The maximum absolute atomic E-state index is 12.0. The topological polar surface area (TPSA) is 38.3 Å². The van der Waals surface area contributed by atoms with Crippen molar-refractivity contribution in [2.24, 2.45) is 0 Å². The summed E-state index contributed by atoms with van der Waals surface area (Å²) in [4.78, 5) is 12.0. The van der Waals surface area contributed by atoms with Gasteiger partial charge in [0.1, 0.15) is 5.75 Å². The largest absolute Gasteiger partial charge is 0.483 e. The van der Waals surface area contributed by atoms with E-state index in [1.807, 2.05) is 54.6 Å². The minimum Gasteiger partial charge on any atom is -0.483 e. The Kier molecular flexibility index (Phi) is 5.38. The highest BCUT2D eigenvalue weighted by Crippen LogP contribution is 2.32. The summed E-state index contributed by atoms with van der Waals surface area (Å²) in [6, 6.07) is 19.2. The van der Waals surface area contributed by atoms with Crippen LogP contribution in [0.3, 0.4) is 0 Å². The maximum Gasteiger partial charge on any atom is 0.258 e. The third-order valence-electron chi connectivity index (χ3n) is 3.62. The Morgan fingerprint density at radius 3 is 2.62 bits per heavy atom. The van der Waals surface area contributed by atoms with Crippen molar-refractivity contribution < 1.29 is 9.53 Å². The second kappa shape index (κ2) is 7.69. The molecule has 5 heteroatoms. The van der Waals surface area contributed by atoms with Gasteiger partial charge in [0.25, 0.3) is 5.91 Å². The highest BCUT2D eigenvalue weighted by atomic mass is 79.9. The van der Waals surface area contributed by atoms with E-state index >= 15 is 0 Å². The van der Waals surface area contributed by atoms with Crippen molar-refractivity contribution in [2.45, 2.75) is 6.54 Å². The van der Waals surface area contributed by atoms with Gasteiger partial charge in [0.15, 0.2) is 6.61 Å². The predicted molar refractivity (Wildman–Crippen MR) is 100 cm³/mol. The van der Waals surface area contributed by atoms with Gasteiger partial charge in [-0.25, -0.2) is 0 Å². The summed E-state index contributed by atoms with van der Waals surface area (Å²) in [5.41, 5.74) is 0.874. The second-order valence-electron chi connectivity index (χ2n) is 5.26. The lowest BCUT2D eigenvalue weighted by atomic mass is 10.1. The van der Waals surface area contributed by atoms with Gasteiger partial charge >= 0.3 is 0 Å². The van der Waals surface area contributed by atoms with E-state index in [9.17, 15) is 4.79 Å². The number of carbonyl (C=O) groups is 1. The normalized spacial score (nSPS) is 10.6. The molecular weight excluding hydrogens is 390 g/mol. The summed E-state index contributed by atoms with van der Waals surface area (Å²) in [6.07, 6.45) is 0. The molecule has 1 N–H and O–H groups in total. The first kappa shape index (κ1) is 16.8. The Bertz CT molecular complexity index is 882. The van der Waals surface area contributed by atoms with Crippen LogP contribution in [0.25, 0.3) is 10.8 Å². The highest BCUT2D eigenvalue weighted by Gasteiger charge is 2.09. The standard InChI is InChI=1S/C19H15BrClNO2/c20-19-15-7-3-1-5-13(15)9-10-17(19)24-12-18(23)22-11-14-6-2-4-8-16(14)21/h1-10H,11-12H2,(H,22,23). The molecule has 1 amide bonds. The molecule has 0 radical (unpaired) electrons. The molecule has 3 aromatic rings. The van der Waals surface area contributed by atoms with Crippen LogP contribution >= 0.6 is 27.5 Å².